The Morgan fingerprint density at radius 3 is 2.78 bits per heavy atom. The number of nitrogens with zero attached hydrogens (tertiary/aromatic N) is 3. The number of halogens is 1. The zero-order valence-electron chi connectivity index (χ0n) is 21.0. The highest BCUT2D eigenvalue weighted by molar-refractivity contribution is 7.17. The van der Waals surface area contributed by atoms with E-state index in [0.29, 0.717) is 28.8 Å². The molecule has 0 saturated carbocycles. The fourth-order valence-electron chi connectivity index (χ4n) is 3.33. The summed E-state index contributed by atoms with van der Waals surface area (Å²) in [6.07, 6.45) is 10.2. The number of pyridine rings is 1. The van der Waals surface area contributed by atoms with Crippen LogP contribution in [0.5, 0.6) is 10.9 Å². The monoisotopic (exact) mass is 508 g/mol. The van der Waals surface area contributed by atoms with Crippen molar-refractivity contribution in [2.75, 3.05) is 19.0 Å². The van der Waals surface area contributed by atoms with Crippen LogP contribution in [0, 0.1) is 12.7 Å². The number of methoxy groups -OCH3 is 1. The molecule has 0 aliphatic rings. The molecule has 2 aromatic heterocycles. The van der Waals surface area contributed by atoms with Gasteiger partial charge in [0.25, 0.3) is 11.1 Å². The number of hydrogen-bond acceptors (Lipinski definition) is 7. The first-order chi connectivity index (χ1) is 17.4. The van der Waals surface area contributed by atoms with E-state index < -0.39 is 11.7 Å². The third-order valence-electron chi connectivity index (χ3n) is 5.41. The van der Waals surface area contributed by atoms with Gasteiger partial charge in [0.2, 0.25) is 5.13 Å². The Morgan fingerprint density at radius 1 is 1.25 bits per heavy atom. The number of ether oxygens (including phenoxy) is 2. The molecule has 188 valence electrons. The minimum Gasteiger partial charge on any atom is -0.496 e. The van der Waals surface area contributed by atoms with Crippen LogP contribution in [-0.2, 0) is 0 Å². The standard InChI is InChI=1S/C27H29FN4O3S/c1-6-8-9-11-19(17(3)7-2)16-35-27-32-31-26(36-27)30-25(33)21-15-29-18(4)14-20(21)24-22(28)12-10-13-23(24)34-5/h6,8-15H,7,16H2,1-5H3,(H,30,31,33)/b8-6-,11-9-,19-17+. The minimum atomic E-state index is -0.504. The highest BCUT2D eigenvalue weighted by Crippen LogP contribution is 2.35. The first kappa shape index (κ1) is 26.7. The van der Waals surface area contributed by atoms with Gasteiger partial charge in [-0.2, -0.15) is 0 Å². The van der Waals surface area contributed by atoms with Gasteiger partial charge in [-0.15, -0.1) is 5.10 Å². The molecule has 0 unspecified atom stereocenters. The molecule has 7 nitrogen and oxygen atoms in total. The molecule has 0 fully saturated rings. The quantitative estimate of drug-likeness (QED) is 0.313. The molecule has 36 heavy (non-hydrogen) atoms. The summed E-state index contributed by atoms with van der Waals surface area (Å²) < 4.78 is 25.9. The second-order valence-corrected chi connectivity index (χ2v) is 8.79. The Balaban J connectivity index is 1.80. The number of amides is 1. The SMILES string of the molecule is C\C=C/C=C\C(COc1nnc(NC(=O)c2cnc(C)cc2-c2c(F)cccc2OC)s1)=C(\C)CC. The van der Waals surface area contributed by atoms with Crippen LogP contribution >= 0.6 is 11.3 Å². The van der Waals surface area contributed by atoms with Gasteiger partial charge in [-0.25, -0.2) is 4.39 Å². The first-order valence-electron chi connectivity index (χ1n) is 11.4. The van der Waals surface area contributed by atoms with E-state index in [-0.39, 0.29) is 16.3 Å². The van der Waals surface area contributed by atoms with E-state index in [2.05, 4.69) is 34.3 Å². The van der Waals surface area contributed by atoms with Crippen molar-refractivity contribution in [1.82, 2.24) is 15.2 Å². The van der Waals surface area contributed by atoms with E-state index in [1.807, 2.05) is 31.2 Å². The smallest absolute Gasteiger partial charge is 0.296 e. The molecule has 3 aromatic rings. The number of benzene rings is 1. The van der Waals surface area contributed by atoms with E-state index in [4.69, 9.17) is 9.47 Å². The second-order valence-electron chi connectivity index (χ2n) is 7.85. The Bertz CT molecular complexity index is 1310. The number of aryl methyl sites for hydroxylation is 1. The van der Waals surface area contributed by atoms with E-state index in [1.165, 1.54) is 24.9 Å². The Kier molecular flexibility index (Phi) is 9.46. The van der Waals surface area contributed by atoms with Crippen molar-refractivity contribution in [1.29, 1.82) is 0 Å². The van der Waals surface area contributed by atoms with Gasteiger partial charge in [-0.05, 0) is 62.3 Å². The highest BCUT2D eigenvalue weighted by atomic mass is 32.1. The fourth-order valence-corrected chi connectivity index (χ4v) is 3.92. The number of allylic oxidation sites excluding steroid dienone is 4. The van der Waals surface area contributed by atoms with Gasteiger partial charge >= 0.3 is 0 Å². The van der Waals surface area contributed by atoms with Gasteiger partial charge in [0, 0.05) is 17.5 Å². The van der Waals surface area contributed by atoms with E-state index in [0.717, 1.165) is 23.3 Å². The van der Waals surface area contributed by atoms with Crippen LogP contribution in [-0.4, -0.2) is 34.8 Å². The molecule has 0 saturated heterocycles. The van der Waals surface area contributed by atoms with E-state index in [9.17, 15) is 9.18 Å². The molecule has 0 spiro atoms. The molecule has 2 heterocycles. The summed E-state index contributed by atoms with van der Waals surface area (Å²) in [6, 6.07) is 6.16. The van der Waals surface area contributed by atoms with Crippen molar-refractivity contribution >= 4 is 22.4 Å². The number of rotatable bonds is 10. The second kappa shape index (κ2) is 12.7. The number of aromatic nitrogens is 3. The first-order valence-corrected chi connectivity index (χ1v) is 12.2. The van der Waals surface area contributed by atoms with Crippen molar-refractivity contribution in [2.45, 2.75) is 34.1 Å². The Morgan fingerprint density at radius 2 is 2.06 bits per heavy atom. The Hall–Kier alpha value is -3.85. The van der Waals surface area contributed by atoms with Gasteiger partial charge in [0.05, 0.1) is 18.2 Å². The lowest BCUT2D eigenvalue weighted by molar-refractivity contribution is 0.102. The number of carbonyl (C=O) groups excluding carboxylic acids is 1. The number of anilines is 1. The van der Waals surface area contributed by atoms with Crippen LogP contribution in [0.15, 0.2) is 65.9 Å². The molecule has 0 radical (unpaired) electrons. The van der Waals surface area contributed by atoms with Crippen molar-refractivity contribution in [3.8, 4) is 22.1 Å². The van der Waals surface area contributed by atoms with Crippen LogP contribution < -0.4 is 14.8 Å². The van der Waals surface area contributed by atoms with Crippen molar-refractivity contribution in [3.63, 3.8) is 0 Å². The maximum Gasteiger partial charge on any atom is 0.296 e. The van der Waals surface area contributed by atoms with E-state index >= 15 is 0 Å². The van der Waals surface area contributed by atoms with Gasteiger partial charge < -0.3 is 9.47 Å². The highest BCUT2D eigenvalue weighted by Gasteiger charge is 2.21. The molecular weight excluding hydrogens is 479 g/mol. The number of nitrogens with one attached hydrogen (secondary N) is 1. The van der Waals surface area contributed by atoms with Crippen LogP contribution in [0.25, 0.3) is 11.1 Å². The van der Waals surface area contributed by atoms with Crippen LogP contribution in [0.3, 0.4) is 0 Å². The zero-order chi connectivity index (χ0) is 26.1. The summed E-state index contributed by atoms with van der Waals surface area (Å²) >= 11 is 1.10. The molecule has 1 N–H and O–H groups in total. The summed E-state index contributed by atoms with van der Waals surface area (Å²) in [5, 5.41) is 11.3. The molecule has 9 heteroatoms. The number of carbonyl (C=O) groups is 1. The molecular formula is C27H29FN4O3S. The van der Waals surface area contributed by atoms with Crippen LogP contribution in [0.2, 0.25) is 0 Å². The van der Waals surface area contributed by atoms with Crippen molar-refractivity contribution in [2.24, 2.45) is 0 Å². The largest absolute Gasteiger partial charge is 0.496 e. The summed E-state index contributed by atoms with van der Waals surface area (Å²) in [5.41, 5.74) is 3.62. The molecule has 0 aliphatic carbocycles. The lowest BCUT2D eigenvalue weighted by Gasteiger charge is -2.14. The molecule has 0 bridgehead atoms. The van der Waals surface area contributed by atoms with Gasteiger partial charge in [-0.3, -0.25) is 15.1 Å². The molecule has 3 rings (SSSR count). The molecule has 1 aromatic carbocycles. The van der Waals surface area contributed by atoms with Crippen LogP contribution in [0.4, 0.5) is 9.52 Å². The Labute approximate surface area is 214 Å². The average Bonchev–Trinajstić information content (AvgIpc) is 3.32. The summed E-state index contributed by atoms with van der Waals surface area (Å²) in [4.78, 5) is 17.4. The zero-order valence-corrected chi connectivity index (χ0v) is 21.8. The van der Waals surface area contributed by atoms with Crippen LogP contribution in [0.1, 0.15) is 43.2 Å². The predicted molar refractivity (Wildman–Crippen MR) is 141 cm³/mol. The maximum atomic E-state index is 14.8. The molecule has 1 amide bonds. The normalized spacial score (nSPS) is 12.2. The minimum absolute atomic E-state index is 0.180. The van der Waals surface area contributed by atoms with Gasteiger partial charge in [0.15, 0.2) is 0 Å². The third kappa shape index (κ3) is 6.63. The predicted octanol–water partition coefficient (Wildman–Crippen LogP) is 6.55. The topological polar surface area (TPSA) is 86.2 Å². The molecule has 0 aliphatic heterocycles. The lowest BCUT2D eigenvalue weighted by Crippen LogP contribution is -2.14. The fraction of sp³-hybridized carbons (Fsp3) is 0.259. The van der Waals surface area contributed by atoms with Crippen molar-refractivity contribution in [3.05, 3.63) is 83.0 Å². The van der Waals surface area contributed by atoms with Gasteiger partial charge in [0.1, 0.15) is 18.2 Å². The summed E-state index contributed by atoms with van der Waals surface area (Å²) in [7, 11) is 1.45. The van der Waals surface area contributed by atoms with Crippen molar-refractivity contribution < 1.29 is 18.7 Å². The number of hydrogen-bond donors (Lipinski definition) is 1. The van der Waals surface area contributed by atoms with E-state index in [1.54, 1.807) is 25.1 Å². The molecule has 0 atom stereocenters. The van der Waals surface area contributed by atoms with Gasteiger partial charge in [-0.1, -0.05) is 48.0 Å². The average molecular weight is 509 g/mol. The summed E-state index contributed by atoms with van der Waals surface area (Å²) in [5.74, 6) is -0.687. The summed E-state index contributed by atoms with van der Waals surface area (Å²) in [6.45, 7) is 8.19. The maximum absolute atomic E-state index is 14.8. The third-order valence-corrected chi connectivity index (χ3v) is 6.16. The lowest BCUT2D eigenvalue weighted by atomic mass is 9.98.